The molecule has 0 aliphatic heterocycles. The van der Waals surface area contributed by atoms with Crippen molar-refractivity contribution < 1.29 is 4.79 Å². The summed E-state index contributed by atoms with van der Waals surface area (Å²) in [6, 6.07) is 7.11. The number of carbonyl (C=O) groups is 1. The van der Waals surface area contributed by atoms with Crippen LogP contribution in [0.4, 0.5) is 0 Å². The van der Waals surface area contributed by atoms with Crippen molar-refractivity contribution in [2.75, 3.05) is 0 Å². The summed E-state index contributed by atoms with van der Waals surface area (Å²) in [6.45, 7) is 1.49. The highest BCUT2D eigenvalue weighted by Gasteiger charge is 2.12. The van der Waals surface area contributed by atoms with Crippen molar-refractivity contribution in [3.63, 3.8) is 0 Å². The molecule has 15 heavy (non-hydrogen) atoms. The Bertz CT molecular complexity index is 491. The third-order valence-corrected chi connectivity index (χ3v) is 2.41. The Hall–Kier alpha value is -1.61. The zero-order chi connectivity index (χ0) is 10.8. The summed E-state index contributed by atoms with van der Waals surface area (Å²) >= 11 is 5.98. The topological polar surface area (TPSA) is 34.9 Å². The summed E-state index contributed by atoms with van der Waals surface area (Å²) in [5.41, 5.74) is 1.21. The summed E-state index contributed by atoms with van der Waals surface area (Å²) < 4.78 is 1.63. The maximum Gasteiger partial charge on any atom is 0.163 e. The lowest BCUT2D eigenvalue weighted by Gasteiger charge is -2.08. The summed E-state index contributed by atoms with van der Waals surface area (Å²) in [5.74, 6) is -0.0638. The van der Waals surface area contributed by atoms with Crippen LogP contribution in [0.5, 0.6) is 0 Å². The summed E-state index contributed by atoms with van der Waals surface area (Å²) in [4.78, 5) is 11.5. The van der Waals surface area contributed by atoms with Crippen molar-refractivity contribution in [3.05, 3.63) is 47.2 Å². The van der Waals surface area contributed by atoms with E-state index in [1.807, 2.05) is 6.07 Å². The zero-order valence-corrected chi connectivity index (χ0v) is 8.90. The van der Waals surface area contributed by atoms with Gasteiger partial charge in [-0.25, -0.2) is 4.68 Å². The summed E-state index contributed by atoms with van der Waals surface area (Å²) in [7, 11) is 0. The third kappa shape index (κ3) is 1.78. The van der Waals surface area contributed by atoms with Crippen LogP contribution in [0.3, 0.4) is 0 Å². The highest BCUT2D eigenvalue weighted by atomic mass is 35.5. The van der Waals surface area contributed by atoms with Crippen LogP contribution in [0, 0.1) is 0 Å². The van der Waals surface area contributed by atoms with Crippen LogP contribution in [0.15, 0.2) is 36.7 Å². The molecular formula is C11H9ClN2O. The van der Waals surface area contributed by atoms with Crippen LogP contribution >= 0.6 is 11.6 Å². The van der Waals surface area contributed by atoms with Gasteiger partial charge in [-0.1, -0.05) is 17.7 Å². The molecule has 0 aliphatic rings. The van der Waals surface area contributed by atoms with Gasteiger partial charge in [0, 0.05) is 12.4 Å². The number of benzene rings is 1. The molecule has 2 aromatic rings. The maximum absolute atomic E-state index is 11.5. The number of rotatable bonds is 2. The molecule has 76 valence electrons. The fourth-order valence-corrected chi connectivity index (χ4v) is 1.77. The average Bonchev–Trinajstić information content (AvgIpc) is 2.69. The fourth-order valence-electron chi connectivity index (χ4n) is 1.46. The molecule has 0 aliphatic carbocycles. The van der Waals surface area contributed by atoms with E-state index in [1.54, 1.807) is 35.3 Å². The summed E-state index contributed by atoms with van der Waals surface area (Å²) in [5, 5.41) is 4.53. The molecule has 0 bridgehead atoms. The highest BCUT2D eigenvalue weighted by molar-refractivity contribution is 6.34. The van der Waals surface area contributed by atoms with Gasteiger partial charge in [0.2, 0.25) is 0 Å². The predicted octanol–water partition coefficient (Wildman–Crippen LogP) is 2.73. The molecule has 0 saturated carbocycles. The minimum Gasteiger partial charge on any atom is -0.294 e. The molecule has 0 saturated heterocycles. The Kier molecular flexibility index (Phi) is 2.56. The lowest BCUT2D eigenvalue weighted by atomic mass is 10.1. The Morgan fingerprint density at radius 1 is 1.40 bits per heavy atom. The van der Waals surface area contributed by atoms with Gasteiger partial charge < -0.3 is 0 Å². The molecule has 1 aromatic carbocycles. The average molecular weight is 221 g/mol. The molecule has 0 amide bonds. The van der Waals surface area contributed by atoms with Crippen molar-refractivity contribution in [2.45, 2.75) is 6.92 Å². The van der Waals surface area contributed by atoms with Gasteiger partial charge in [-0.15, -0.1) is 0 Å². The number of hydrogen-bond acceptors (Lipinski definition) is 2. The first-order valence-corrected chi connectivity index (χ1v) is 4.87. The van der Waals surface area contributed by atoms with Crippen molar-refractivity contribution in [2.24, 2.45) is 0 Å². The molecule has 0 radical (unpaired) electrons. The van der Waals surface area contributed by atoms with Crippen LogP contribution in [0.2, 0.25) is 5.02 Å². The quantitative estimate of drug-likeness (QED) is 0.730. The Morgan fingerprint density at radius 3 is 2.80 bits per heavy atom. The van der Waals surface area contributed by atoms with E-state index in [0.717, 1.165) is 0 Å². The zero-order valence-electron chi connectivity index (χ0n) is 8.14. The molecule has 2 rings (SSSR count). The van der Waals surface area contributed by atoms with Crippen LogP contribution in [-0.2, 0) is 0 Å². The second-order valence-corrected chi connectivity index (χ2v) is 3.55. The van der Waals surface area contributed by atoms with Crippen LogP contribution in [0.25, 0.3) is 5.69 Å². The van der Waals surface area contributed by atoms with Gasteiger partial charge in [0.15, 0.2) is 5.78 Å². The van der Waals surface area contributed by atoms with Gasteiger partial charge in [-0.3, -0.25) is 4.79 Å². The second kappa shape index (κ2) is 3.87. The number of hydrogen-bond donors (Lipinski definition) is 0. The van der Waals surface area contributed by atoms with Crippen molar-refractivity contribution in [3.8, 4) is 5.69 Å². The molecule has 1 heterocycles. The smallest absolute Gasteiger partial charge is 0.163 e. The van der Waals surface area contributed by atoms with Gasteiger partial charge in [-0.05, 0) is 25.1 Å². The number of Topliss-reactive ketones (excluding diaryl/α,β-unsaturated/α-hetero) is 1. The van der Waals surface area contributed by atoms with Gasteiger partial charge >= 0.3 is 0 Å². The molecule has 4 heteroatoms. The SMILES string of the molecule is CC(=O)c1c(Cl)cccc1-n1cccn1. The number of aromatic nitrogens is 2. The highest BCUT2D eigenvalue weighted by Crippen LogP contribution is 2.23. The van der Waals surface area contributed by atoms with Gasteiger partial charge in [0.1, 0.15) is 0 Å². The van der Waals surface area contributed by atoms with Crippen molar-refractivity contribution in [1.29, 1.82) is 0 Å². The molecule has 3 nitrogen and oxygen atoms in total. The fraction of sp³-hybridized carbons (Fsp3) is 0.0909. The lowest BCUT2D eigenvalue weighted by Crippen LogP contribution is -2.04. The molecule has 0 fully saturated rings. The van der Waals surface area contributed by atoms with Crippen molar-refractivity contribution >= 4 is 17.4 Å². The largest absolute Gasteiger partial charge is 0.294 e. The van der Waals surface area contributed by atoms with Crippen LogP contribution in [-0.4, -0.2) is 15.6 Å². The van der Waals surface area contributed by atoms with E-state index in [0.29, 0.717) is 16.3 Å². The lowest BCUT2D eigenvalue weighted by molar-refractivity contribution is 0.101. The van der Waals surface area contributed by atoms with Crippen LogP contribution in [0.1, 0.15) is 17.3 Å². The van der Waals surface area contributed by atoms with E-state index >= 15 is 0 Å². The number of nitrogens with zero attached hydrogens (tertiary/aromatic N) is 2. The first kappa shape index (κ1) is 9.93. The molecule has 0 spiro atoms. The first-order valence-electron chi connectivity index (χ1n) is 4.49. The normalized spacial score (nSPS) is 10.3. The van der Waals surface area contributed by atoms with E-state index in [-0.39, 0.29) is 5.78 Å². The first-order chi connectivity index (χ1) is 7.20. The van der Waals surface area contributed by atoms with E-state index in [4.69, 9.17) is 11.6 Å². The van der Waals surface area contributed by atoms with Gasteiger partial charge in [-0.2, -0.15) is 5.10 Å². The standard InChI is InChI=1S/C11H9ClN2O/c1-8(15)11-9(12)4-2-5-10(11)14-7-3-6-13-14/h2-7H,1H3. The molecule has 0 atom stereocenters. The molecule has 1 aromatic heterocycles. The Labute approximate surface area is 92.3 Å². The number of halogens is 1. The second-order valence-electron chi connectivity index (χ2n) is 3.14. The maximum atomic E-state index is 11.5. The third-order valence-electron chi connectivity index (χ3n) is 2.09. The van der Waals surface area contributed by atoms with Gasteiger partial charge in [0.25, 0.3) is 0 Å². The molecule has 0 N–H and O–H groups in total. The Balaban J connectivity index is 2.66. The Morgan fingerprint density at radius 2 is 2.20 bits per heavy atom. The number of ketones is 1. The minimum atomic E-state index is -0.0638. The van der Waals surface area contributed by atoms with E-state index in [9.17, 15) is 4.79 Å². The molecule has 0 unspecified atom stereocenters. The molecular weight excluding hydrogens is 212 g/mol. The van der Waals surface area contributed by atoms with E-state index < -0.39 is 0 Å². The van der Waals surface area contributed by atoms with Gasteiger partial charge in [0.05, 0.1) is 16.3 Å². The monoisotopic (exact) mass is 220 g/mol. The van der Waals surface area contributed by atoms with Crippen molar-refractivity contribution in [1.82, 2.24) is 9.78 Å². The van der Waals surface area contributed by atoms with E-state index in [2.05, 4.69) is 5.10 Å². The minimum absolute atomic E-state index is 0.0638. The van der Waals surface area contributed by atoms with Crippen LogP contribution < -0.4 is 0 Å². The number of carbonyl (C=O) groups excluding carboxylic acids is 1. The summed E-state index contributed by atoms with van der Waals surface area (Å²) in [6.07, 6.45) is 3.43. The van der Waals surface area contributed by atoms with E-state index in [1.165, 1.54) is 6.92 Å². The predicted molar refractivity (Wildman–Crippen MR) is 58.6 cm³/mol.